The van der Waals surface area contributed by atoms with Gasteiger partial charge in [0.1, 0.15) is 22.8 Å². The molecule has 1 aliphatic heterocycles. The first-order chi connectivity index (χ1) is 17.8. The summed E-state index contributed by atoms with van der Waals surface area (Å²) in [5.74, 6) is 0.205. The number of benzene rings is 1. The zero-order chi connectivity index (χ0) is 25.7. The lowest BCUT2D eigenvalue weighted by Gasteiger charge is -2.40. The third-order valence-electron chi connectivity index (χ3n) is 6.43. The highest BCUT2D eigenvalue weighted by Gasteiger charge is 2.39. The van der Waals surface area contributed by atoms with Gasteiger partial charge in [-0.1, -0.05) is 23.5 Å². The fraction of sp³-hybridized carbons (Fsp3) is 0.292. The number of thiazole rings is 1. The number of imidazole rings is 2. The number of nitrogens with one attached hydrogen (secondary N) is 1. The molecule has 4 aromatic heterocycles. The van der Waals surface area contributed by atoms with Crippen LogP contribution in [-0.2, 0) is 17.5 Å². The number of para-hydroxylation sites is 2. The van der Waals surface area contributed by atoms with Crippen LogP contribution in [-0.4, -0.2) is 66.0 Å². The molecule has 1 atom stereocenters. The summed E-state index contributed by atoms with van der Waals surface area (Å²) >= 11 is 0.603. The van der Waals surface area contributed by atoms with E-state index >= 15 is 0 Å². The second-order valence-electron chi connectivity index (χ2n) is 8.89. The molecule has 13 heteroatoms. The summed E-state index contributed by atoms with van der Waals surface area (Å²) in [6.07, 6.45) is 0.328. The normalized spacial score (nSPS) is 16.7. The van der Waals surface area contributed by atoms with Crippen molar-refractivity contribution >= 4 is 44.3 Å². The highest BCUT2D eigenvalue weighted by Crippen LogP contribution is 2.42. The van der Waals surface area contributed by atoms with E-state index in [0.29, 0.717) is 47.0 Å². The summed E-state index contributed by atoms with van der Waals surface area (Å²) in [7, 11) is 0. The second-order valence-corrected chi connectivity index (χ2v) is 9.87. The van der Waals surface area contributed by atoms with Crippen LogP contribution in [0.2, 0.25) is 0 Å². The number of carbonyl (C=O) groups is 1. The summed E-state index contributed by atoms with van der Waals surface area (Å²) < 4.78 is 42.7. The lowest BCUT2D eigenvalue weighted by atomic mass is 10.2. The largest absolute Gasteiger partial charge is 0.443 e. The average Bonchev–Trinajstić information content (AvgIpc) is 3.60. The number of aromatic nitrogens is 6. The Labute approximate surface area is 212 Å². The van der Waals surface area contributed by atoms with E-state index < -0.39 is 11.2 Å². The molecule has 0 radical (unpaired) electrons. The van der Waals surface area contributed by atoms with Gasteiger partial charge in [0.25, 0.3) is 0 Å². The molecule has 0 bridgehead atoms. The minimum Gasteiger partial charge on any atom is -0.358 e. The van der Waals surface area contributed by atoms with E-state index in [1.807, 2.05) is 30.0 Å². The maximum absolute atomic E-state index is 13.6. The van der Waals surface area contributed by atoms with Crippen molar-refractivity contribution in [3.05, 3.63) is 54.1 Å². The fourth-order valence-electron chi connectivity index (χ4n) is 4.66. The van der Waals surface area contributed by atoms with E-state index in [9.17, 15) is 18.0 Å². The molecule has 5 aromatic rings. The number of pyridine rings is 1. The molecular weight excluding hydrogens is 505 g/mol. The average molecular weight is 527 g/mol. The Bertz CT molecular complexity index is 1570. The number of hydrogen-bond donors (Lipinski definition) is 1. The van der Waals surface area contributed by atoms with Crippen LogP contribution in [0.15, 0.2) is 49.1 Å². The number of alkyl halides is 3. The Morgan fingerprint density at radius 2 is 2.00 bits per heavy atom. The van der Waals surface area contributed by atoms with Crippen molar-refractivity contribution in [1.29, 1.82) is 0 Å². The molecule has 0 aliphatic carbocycles. The molecule has 1 aliphatic rings. The minimum absolute atomic E-state index is 0.0824. The van der Waals surface area contributed by atoms with Gasteiger partial charge >= 0.3 is 6.18 Å². The van der Waals surface area contributed by atoms with Gasteiger partial charge in [0.05, 0.1) is 29.1 Å². The topological polar surface area (TPSA) is 95.8 Å². The minimum atomic E-state index is -4.57. The summed E-state index contributed by atoms with van der Waals surface area (Å²) in [6, 6.07) is 8.83. The van der Waals surface area contributed by atoms with Crippen LogP contribution in [0.25, 0.3) is 33.6 Å². The van der Waals surface area contributed by atoms with Crippen LogP contribution >= 0.6 is 11.3 Å². The summed E-state index contributed by atoms with van der Waals surface area (Å²) in [6.45, 7) is 3.12. The predicted octanol–water partition coefficient (Wildman–Crippen LogP) is 4.19. The zero-order valence-corrected chi connectivity index (χ0v) is 20.4. The number of anilines is 1. The summed E-state index contributed by atoms with van der Waals surface area (Å²) in [4.78, 5) is 36.6. The Hall–Kier alpha value is -4.00. The Morgan fingerprint density at radius 1 is 1.16 bits per heavy atom. The Morgan fingerprint density at radius 3 is 2.78 bits per heavy atom. The van der Waals surface area contributed by atoms with Gasteiger partial charge in [0, 0.05) is 31.9 Å². The van der Waals surface area contributed by atoms with Crippen LogP contribution in [0, 0.1) is 0 Å². The van der Waals surface area contributed by atoms with Crippen LogP contribution < -0.4 is 4.90 Å². The van der Waals surface area contributed by atoms with E-state index in [1.165, 1.54) is 0 Å². The summed E-state index contributed by atoms with van der Waals surface area (Å²) in [5.41, 5.74) is 3.05. The molecule has 1 N–H and O–H groups in total. The number of aromatic amines is 1. The third-order valence-corrected chi connectivity index (χ3v) is 7.59. The first-order valence-electron chi connectivity index (χ1n) is 11.6. The first kappa shape index (κ1) is 23.4. The number of amides is 1. The molecular formula is C24H21F3N8OS. The number of fused-ring (bicyclic) bond motifs is 2. The van der Waals surface area contributed by atoms with Crippen LogP contribution in [0.1, 0.15) is 11.9 Å². The quantitative estimate of drug-likeness (QED) is 0.377. The summed E-state index contributed by atoms with van der Waals surface area (Å²) in [5, 5.41) is -0.538. The predicted molar refractivity (Wildman–Crippen MR) is 133 cm³/mol. The molecule has 0 spiro atoms. The number of carbonyl (C=O) groups excluding carboxylic acids is 1. The molecule has 5 heterocycles. The molecule has 9 nitrogen and oxygen atoms in total. The maximum atomic E-state index is 13.6. The van der Waals surface area contributed by atoms with Crippen molar-refractivity contribution in [2.45, 2.75) is 25.7 Å². The Kier molecular flexibility index (Phi) is 5.59. The smallest absolute Gasteiger partial charge is 0.358 e. The van der Waals surface area contributed by atoms with Crippen LogP contribution in [0.4, 0.5) is 18.2 Å². The maximum Gasteiger partial charge on any atom is 0.443 e. The molecule has 37 heavy (non-hydrogen) atoms. The van der Waals surface area contributed by atoms with E-state index in [-0.39, 0.29) is 30.0 Å². The molecule has 190 valence electrons. The SMILES string of the molecule is CC1CN(c2sc(C(F)(F)F)nc2-c2nc3ccccc3[nH]2)CCN1C(=O)Cn1cnc2cnccc21. The van der Waals surface area contributed by atoms with Gasteiger partial charge in [-0.15, -0.1) is 0 Å². The van der Waals surface area contributed by atoms with Crippen molar-refractivity contribution in [3.8, 4) is 11.5 Å². The zero-order valence-electron chi connectivity index (χ0n) is 19.6. The van der Waals surface area contributed by atoms with Crippen molar-refractivity contribution in [3.63, 3.8) is 0 Å². The van der Waals surface area contributed by atoms with Crippen molar-refractivity contribution in [2.24, 2.45) is 0 Å². The third kappa shape index (κ3) is 4.28. The molecule has 1 amide bonds. The first-order valence-corrected chi connectivity index (χ1v) is 12.4. The van der Waals surface area contributed by atoms with E-state index in [1.54, 1.807) is 40.3 Å². The lowest BCUT2D eigenvalue weighted by Crippen LogP contribution is -2.54. The van der Waals surface area contributed by atoms with Crippen molar-refractivity contribution in [2.75, 3.05) is 24.5 Å². The van der Waals surface area contributed by atoms with E-state index in [0.717, 1.165) is 11.0 Å². The van der Waals surface area contributed by atoms with Gasteiger partial charge in [-0.25, -0.2) is 15.0 Å². The molecule has 6 rings (SSSR count). The standard InChI is InChI=1S/C24H21F3N8OS/c1-14-11-33(8-9-35(14)19(36)12-34-13-29-17-10-28-7-6-18(17)34)22-20(32-23(37-22)24(25,26)27)21-30-15-4-2-3-5-16(15)31-21/h2-7,10,13-14H,8-9,11-12H2,1H3,(H,30,31). The number of piperazine rings is 1. The van der Waals surface area contributed by atoms with Crippen molar-refractivity contribution in [1.82, 2.24) is 34.4 Å². The van der Waals surface area contributed by atoms with Gasteiger partial charge in [-0.3, -0.25) is 9.78 Å². The number of hydrogen-bond acceptors (Lipinski definition) is 7. The number of nitrogens with zero attached hydrogens (tertiary/aromatic N) is 7. The van der Waals surface area contributed by atoms with E-state index in [2.05, 4.69) is 24.9 Å². The fourth-order valence-corrected chi connectivity index (χ4v) is 5.63. The Balaban J connectivity index is 1.25. The molecule has 1 aromatic carbocycles. The highest BCUT2D eigenvalue weighted by atomic mass is 32.1. The number of rotatable bonds is 4. The number of halogens is 3. The van der Waals surface area contributed by atoms with Gasteiger partial charge in [-0.05, 0) is 25.1 Å². The van der Waals surface area contributed by atoms with Crippen molar-refractivity contribution < 1.29 is 18.0 Å². The molecule has 1 unspecified atom stereocenters. The van der Waals surface area contributed by atoms with E-state index in [4.69, 9.17) is 0 Å². The van der Waals surface area contributed by atoms with Crippen LogP contribution in [0.3, 0.4) is 0 Å². The molecule has 1 saturated heterocycles. The van der Waals surface area contributed by atoms with Gasteiger partial charge < -0.3 is 19.4 Å². The van der Waals surface area contributed by atoms with Gasteiger partial charge in [0.2, 0.25) is 10.9 Å². The van der Waals surface area contributed by atoms with Gasteiger partial charge in [0.15, 0.2) is 5.82 Å². The van der Waals surface area contributed by atoms with Crippen LogP contribution in [0.5, 0.6) is 0 Å². The molecule has 1 fully saturated rings. The van der Waals surface area contributed by atoms with Gasteiger partial charge in [-0.2, -0.15) is 13.2 Å². The lowest BCUT2D eigenvalue weighted by molar-refractivity contribution is -0.137. The second kappa shape index (κ2) is 8.83. The highest BCUT2D eigenvalue weighted by molar-refractivity contribution is 7.16. The monoisotopic (exact) mass is 526 g/mol. The number of H-pyrrole nitrogens is 1. The molecule has 0 saturated carbocycles.